The average Bonchev–Trinajstić information content (AvgIpc) is 2.92. The van der Waals surface area contributed by atoms with Gasteiger partial charge in [0, 0.05) is 25.0 Å². The van der Waals surface area contributed by atoms with Crippen LogP contribution in [0.15, 0.2) is 35.2 Å². The zero-order chi connectivity index (χ0) is 13.0. The van der Waals surface area contributed by atoms with Gasteiger partial charge in [-0.15, -0.1) is 0 Å². The summed E-state index contributed by atoms with van der Waals surface area (Å²) in [5.74, 6) is -0.179. The normalized spacial score (nSPS) is 11.9. The van der Waals surface area contributed by atoms with Crippen LogP contribution in [0.5, 0.6) is 0 Å². The summed E-state index contributed by atoms with van der Waals surface area (Å²) in [5.41, 5.74) is 2.54. The van der Waals surface area contributed by atoms with Gasteiger partial charge in [-0.25, -0.2) is 0 Å². The van der Waals surface area contributed by atoms with Gasteiger partial charge in [-0.3, -0.25) is 9.78 Å². The molecular weight excluding hydrogens is 246 g/mol. The molecule has 0 radical (unpaired) electrons. The first kappa shape index (κ1) is 12.6. The van der Waals surface area contributed by atoms with Gasteiger partial charge < -0.3 is 10.6 Å². The maximum absolute atomic E-state index is 11.5. The molecule has 1 unspecified atom stereocenters. The van der Waals surface area contributed by atoms with Crippen molar-refractivity contribution in [2.75, 3.05) is 12.4 Å². The number of nitrogens with zero attached hydrogens (tertiary/aromatic N) is 1. The number of amides is 1. The molecule has 2 rings (SSSR count). The number of carbonyl (C=O) groups excluding carboxylic acids is 1. The van der Waals surface area contributed by atoms with Gasteiger partial charge in [0.1, 0.15) is 5.69 Å². The molecule has 2 N–H and O–H groups in total. The maximum Gasteiger partial charge on any atom is 0.269 e. The van der Waals surface area contributed by atoms with Crippen LogP contribution in [0.1, 0.15) is 29.0 Å². The molecule has 0 aromatic carbocycles. The fourth-order valence-electron chi connectivity index (χ4n) is 1.63. The van der Waals surface area contributed by atoms with Gasteiger partial charge in [0.15, 0.2) is 0 Å². The monoisotopic (exact) mass is 261 g/mol. The highest BCUT2D eigenvalue weighted by Crippen LogP contribution is 2.21. The predicted molar refractivity (Wildman–Crippen MR) is 74.0 cm³/mol. The summed E-state index contributed by atoms with van der Waals surface area (Å²) < 4.78 is 0. The zero-order valence-electron chi connectivity index (χ0n) is 10.3. The molecule has 18 heavy (non-hydrogen) atoms. The zero-order valence-corrected chi connectivity index (χ0v) is 11.1. The van der Waals surface area contributed by atoms with Crippen molar-refractivity contribution in [3.05, 3.63) is 46.4 Å². The van der Waals surface area contributed by atoms with Crippen LogP contribution in [-0.4, -0.2) is 17.9 Å². The van der Waals surface area contributed by atoms with E-state index < -0.39 is 0 Å². The van der Waals surface area contributed by atoms with Gasteiger partial charge in [0.25, 0.3) is 5.91 Å². The number of hydrogen-bond donors (Lipinski definition) is 2. The third kappa shape index (κ3) is 2.87. The number of hydrogen-bond acceptors (Lipinski definition) is 4. The highest BCUT2D eigenvalue weighted by Gasteiger charge is 2.08. The summed E-state index contributed by atoms with van der Waals surface area (Å²) in [4.78, 5) is 15.5. The fraction of sp³-hybridized carbons (Fsp3) is 0.231. The van der Waals surface area contributed by atoms with E-state index in [9.17, 15) is 4.79 Å². The minimum atomic E-state index is -0.179. The third-order valence-electron chi connectivity index (χ3n) is 2.65. The Balaban J connectivity index is 2.12. The lowest BCUT2D eigenvalue weighted by Gasteiger charge is -2.14. The first-order chi connectivity index (χ1) is 8.70. The van der Waals surface area contributed by atoms with Crippen molar-refractivity contribution in [1.82, 2.24) is 10.3 Å². The molecule has 2 aromatic heterocycles. The van der Waals surface area contributed by atoms with Gasteiger partial charge in [0.2, 0.25) is 0 Å². The van der Waals surface area contributed by atoms with Crippen molar-refractivity contribution in [3.8, 4) is 0 Å². The highest BCUT2D eigenvalue weighted by molar-refractivity contribution is 7.07. The van der Waals surface area contributed by atoms with Gasteiger partial charge in [-0.2, -0.15) is 11.3 Å². The maximum atomic E-state index is 11.5. The van der Waals surface area contributed by atoms with E-state index in [1.165, 1.54) is 5.56 Å². The quantitative estimate of drug-likeness (QED) is 0.889. The van der Waals surface area contributed by atoms with Crippen molar-refractivity contribution in [2.24, 2.45) is 0 Å². The molecule has 2 aromatic rings. The number of nitrogens with one attached hydrogen (secondary N) is 2. The molecule has 0 saturated heterocycles. The Labute approximate surface area is 110 Å². The van der Waals surface area contributed by atoms with E-state index in [4.69, 9.17) is 0 Å². The summed E-state index contributed by atoms with van der Waals surface area (Å²) in [6.07, 6.45) is 1.63. The second-order valence-corrected chi connectivity index (χ2v) is 4.71. The van der Waals surface area contributed by atoms with E-state index in [0.717, 1.165) is 5.69 Å². The second kappa shape index (κ2) is 5.64. The predicted octanol–water partition coefficient (Wildman–Crippen LogP) is 2.68. The van der Waals surface area contributed by atoms with Crippen molar-refractivity contribution < 1.29 is 4.79 Å². The van der Waals surface area contributed by atoms with Crippen molar-refractivity contribution >= 4 is 22.9 Å². The molecule has 0 bridgehead atoms. The van der Waals surface area contributed by atoms with Gasteiger partial charge >= 0.3 is 0 Å². The van der Waals surface area contributed by atoms with Crippen molar-refractivity contribution in [1.29, 1.82) is 0 Å². The molecule has 0 aliphatic carbocycles. The Morgan fingerprint density at radius 2 is 2.28 bits per heavy atom. The molecule has 0 spiro atoms. The Bertz CT molecular complexity index is 525. The highest BCUT2D eigenvalue weighted by atomic mass is 32.1. The number of anilines is 1. The lowest BCUT2D eigenvalue weighted by atomic mass is 10.1. The lowest BCUT2D eigenvalue weighted by molar-refractivity contribution is 0.0958. The first-order valence-corrected chi connectivity index (χ1v) is 6.61. The summed E-state index contributed by atoms with van der Waals surface area (Å²) in [6, 6.07) is 5.90. The molecule has 1 atom stereocenters. The van der Waals surface area contributed by atoms with E-state index in [0.29, 0.717) is 5.69 Å². The summed E-state index contributed by atoms with van der Waals surface area (Å²) >= 11 is 1.67. The summed E-state index contributed by atoms with van der Waals surface area (Å²) in [7, 11) is 1.60. The van der Waals surface area contributed by atoms with E-state index in [1.54, 1.807) is 30.6 Å². The Morgan fingerprint density at radius 1 is 1.44 bits per heavy atom. The van der Waals surface area contributed by atoms with Gasteiger partial charge in [-0.05, 0) is 41.4 Å². The standard InChI is InChI=1S/C13H15N3OS/c1-9(10-4-6-18-8-10)16-11-3-5-15-12(7-11)13(17)14-2/h3-9H,1-2H3,(H,14,17)(H,15,16). The SMILES string of the molecule is CNC(=O)c1cc(NC(C)c2ccsc2)ccn1. The smallest absolute Gasteiger partial charge is 0.269 e. The largest absolute Gasteiger partial charge is 0.378 e. The van der Waals surface area contributed by atoms with Crippen LogP contribution in [0.4, 0.5) is 5.69 Å². The van der Waals surface area contributed by atoms with E-state index in [1.807, 2.05) is 6.07 Å². The van der Waals surface area contributed by atoms with Crippen LogP contribution in [0.25, 0.3) is 0 Å². The van der Waals surface area contributed by atoms with E-state index >= 15 is 0 Å². The number of thiophene rings is 1. The van der Waals surface area contributed by atoms with Crippen LogP contribution < -0.4 is 10.6 Å². The minimum Gasteiger partial charge on any atom is -0.378 e. The molecule has 1 amide bonds. The average molecular weight is 261 g/mol. The molecule has 4 nitrogen and oxygen atoms in total. The number of aromatic nitrogens is 1. The van der Waals surface area contributed by atoms with Crippen molar-refractivity contribution in [2.45, 2.75) is 13.0 Å². The van der Waals surface area contributed by atoms with E-state index in [-0.39, 0.29) is 11.9 Å². The molecular formula is C13H15N3OS. The van der Waals surface area contributed by atoms with Crippen molar-refractivity contribution in [3.63, 3.8) is 0 Å². The topological polar surface area (TPSA) is 54.0 Å². The fourth-order valence-corrected chi connectivity index (χ4v) is 2.38. The number of carbonyl (C=O) groups is 1. The molecule has 94 valence electrons. The lowest BCUT2D eigenvalue weighted by Crippen LogP contribution is -2.19. The molecule has 0 fully saturated rings. The van der Waals surface area contributed by atoms with Gasteiger partial charge in [-0.1, -0.05) is 0 Å². The summed E-state index contributed by atoms with van der Waals surface area (Å²) in [5, 5.41) is 10.1. The molecule has 0 saturated carbocycles. The van der Waals surface area contributed by atoms with Crippen LogP contribution in [-0.2, 0) is 0 Å². The molecule has 0 aliphatic heterocycles. The molecule has 2 heterocycles. The van der Waals surface area contributed by atoms with Crippen LogP contribution in [0, 0.1) is 0 Å². The summed E-state index contributed by atoms with van der Waals surface area (Å²) in [6.45, 7) is 2.09. The Kier molecular flexibility index (Phi) is 3.94. The number of rotatable bonds is 4. The molecule has 5 heteroatoms. The van der Waals surface area contributed by atoms with Gasteiger partial charge in [0.05, 0.1) is 0 Å². The van der Waals surface area contributed by atoms with Crippen LogP contribution in [0.3, 0.4) is 0 Å². The Hall–Kier alpha value is -1.88. The third-order valence-corrected chi connectivity index (χ3v) is 3.35. The van der Waals surface area contributed by atoms with E-state index in [2.05, 4.69) is 39.4 Å². The minimum absolute atomic E-state index is 0.179. The Morgan fingerprint density at radius 3 is 2.94 bits per heavy atom. The first-order valence-electron chi connectivity index (χ1n) is 5.67. The molecule has 0 aliphatic rings. The second-order valence-electron chi connectivity index (χ2n) is 3.93. The van der Waals surface area contributed by atoms with Crippen LogP contribution >= 0.6 is 11.3 Å². The number of pyridine rings is 1. The van der Waals surface area contributed by atoms with Crippen LogP contribution in [0.2, 0.25) is 0 Å².